The molecular weight excluding hydrogens is 162 g/mol. The van der Waals surface area contributed by atoms with E-state index in [1.165, 1.54) is 0 Å². The Balaban J connectivity index is 2.63. The van der Waals surface area contributed by atoms with Gasteiger partial charge in [0.05, 0.1) is 24.9 Å². The number of nitrogens with one attached hydrogen (secondary N) is 1. The maximum absolute atomic E-state index is 9.29. The number of hydrogen-bond donors (Lipinski definition) is 5. The van der Waals surface area contributed by atoms with Crippen LogP contribution in [0.25, 0.3) is 0 Å². The summed E-state index contributed by atoms with van der Waals surface area (Å²) in [4.78, 5) is 0. The van der Waals surface area contributed by atoms with E-state index in [4.69, 9.17) is 5.11 Å². The highest BCUT2D eigenvalue weighted by Gasteiger charge is 2.39. The summed E-state index contributed by atoms with van der Waals surface area (Å²) in [7, 11) is 0. The maximum Gasteiger partial charge on any atom is 0.109 e. The molecule has 0 radical (unpaired) electrons. The molecule has 0 amide bonds. The molecule has 0 aromatic rings. The number of hydrogen-bond acceptors (Lipinski definition) is 5. The van der Waals surface area contributed by atoms with E-state index in [-0.39, 0.29) is 12.6 Å². The van der Waals surface area contributed by atoms with Gasteiger partial charge in [0.1, 0.15) is 6.10 Å². The molecule has 0 bridgehead atoms. The summed E-state index contributed by atoms with van der Waals surface area (Å²) in [6, 6.07) is -0.876. The van der Waals surface area contributed by atoms with Crippen molar-refractivity contribution in [2.75, 3.05) is 6.61 Å². The predicted molar refractivity (Wildman–Crippen MR) is 41.5 cm³/mol. The van der Waals surface area contributed by atoms with Crippen molar-refractivity contribution in [3.8, 4) is 0 Å². The second-order valence-electron chi connectivity index (χ2n) is 3.22. The van der Waals surface area contributed by atoms with Crippen LogP contribution < -0.4 is 5.32 Å². The van der Waals surface area contributed by atoms with Crippen LogP contribution in [-0.4, -0.2) is 57.4 Å². The second kappa shape index (κ2) is 3.68. The molecule has 0 spiro atoms. The van der Waals surface area contributed by atoms with Crippen LogP contribution in [0.2, 0.25) is 0 Å². The van der Waals surface area contributed by atoms with Crippen molar-refractivity contribution in [3.05, 3.63) is 0 Å². The minimum absolute atomic E-state index is 0.255. The molecule has 5 N–H and O–H groups in total. The van der Waals surface area contributed by atoms with Crippen LogP contribution in [0.5, 0.6) is 0 Å². The van der Waals surface area contributed by atoms with Crippen molar-refractivity contribution in [2.24, 2.45) is 0 Å². The van der Waals surface area contributed by atoms with E-state index in [0.29, 0.717) is 0 Å². The average Bonchev–Trinajstić information content (AvgIpc) is 2.08. The molecule has 72 valence electrons. The molecule has 1 rings (SSSR count). The van der Waals surface area contributed by atoms with Gasteiger partial charge in [0, 0.05) is 6.04 Å². The normalized spacial score (nSPS) is 49.2. The monoisotopic (exact) mass is 177 g/mol. The molecule has 1 aliphatic heterocycles. The first-order valence-corrected chi connectivity index (χ1v) is 3.99. The number of piperidine rings is 1. The van der Waals surface area contributed by atoms with Gasteiger partial charge < -0.3 is 25.7 Å². The zero-order chi connectivity index (χ0) is 9.30. The number of rotatable bonds is 1. The highest BCUT2D eigenvalue weighted by Crippen LogP contribution is 2.14. The summed E-state index contributed by atoms with van der Waals surface area (Å²) < 4.78 is 0. The molecule has 0 saturated carbocycles. The molecule has 1 saturated heterocycles. The van der Waals surface area contributed by atoms with Gasteiger partial charge in [-0.2, -0.15) is 0 Å². The third kappa shape index (κ3) is 1.60. The Morgan fingerprint density at radius 1 is 1.08 bits per heavy atom. The van der Waals surface area contributed by atoms with E-state index < -0.39 is 24.4 Å². The van der Waals surface area contributed by atoms with E-state index >= 15 is 0 Å². The summed E-state index contributed by atoms with van der Waals surface area (Å²) in [5.74, 6) is 0. The molecule has 5 heteroatoms. The lowest BCUT2D eigenvalue weighted by Crippen LogP contribution is -2.64. The van der Waals surface area contributed by atoms with Gasteiger partial charge >= 0.3 is 0 Å². The molecule has 5 nitrogen and oxygen atoms in total. The lowest BCUT2D eigenvalue weighted by atomic mass is 9.91. The highest BCUT2D eigenvalue weighted by atomic mass is 16.4. The van der Waals surface area contributed by atoms with Gasteiger partial charge in [-0.3, -0.25) is 0 Å². The first-order chi connectivity index (χ1) is 5.57. The zero-order valence-corrected chi connectivity index (χ0v) is 6.88. The fourth-order valence-corrected chi connectivity index (χ4v) is 1.43. The minimum Gasteiger partial charge on any atom is -0.395 e. The number of aliphatic hydroxyl groups is 4. The highest BCUT2D eigenvalue weighted by molar-refractivity contribution is 4.96. The van der Waals surface area contributed by atoms with Gasteiger partial charge in [0.2, 0.25) is 0 Å². The van der Waals surface area contributed by atoms with Crippen LogP contribution in [0, 0.1) is 0 Å². The Kier molecular flexibility index (Phi) is 3.03. The largest absolute Gasteiger partial charge is 0.395 e. The summed E-state index contributed by atoms with van der Waals surface area (Å²) in [6.45, 7) is 1.43. The van der Waals surface area contributed by atoms with Gasteiger partial charge in [-0.1, -0.05) is 0 Å². The van der Waals surface area contributed by atoms with Crippen molar-refractivity contribution < 1.29 is 20.4 Å². The van der Waals surface area contributed by atoms with Gasteiger partial charge in [-0.15, -0.1) is 0 Å². The Hall–Kier alpha value is -0.200. The van der Waals surface area contributed by atoms with Crippen LogP contribution in [0.15, 0.2) is 0 Å². The predicted octanol–water partition coefficient (Wildman–Crippen LogP) is -2.58. The molecule has 12 heavy (non-hydrogen) atoms. The van der Waals surface area contributed by atoms with Gasteiger partial charge in [0.15, 0.2) is 0 Å². The van der Waals surface area contributed by atoms with Crippen molar-refractivity contribution in [1.82, 2.24) is 5.32 Å². The Bertz CT molecular complexity index is 150. The Morgan fingerprint density at radius 3 is 2.17 bits per heavy atom. The van der Waals surface area contributed by atoms with E-state index in [9.17, 15) is 15.3 Å². The van der Waals surface area contributed by atoms with Crippen molar-refractivity contribution >= 4 is 0 Å². The smallest absolute Gasteiger partial charge is 0.109 e. The van der Waals surface area contributed by atoms with Gasteiger partial charge in [0.25, 0.3) is 0 Å². The summed E-state index contributed by atoms with van der Waals surface area (Å²) in [5.41, 5.74) is 0. The maximum atomic E-state index is 9.29. The third-order valence-corrected chi connectivity index (χ3v) is 2.30. The van der Waals surface area contributed by atoms with E-state index in [1.807, 2.05) is 0 Å². The van der Waals surface area contributed by atoms with Crippen LogP contribution in [-0.2, 0) is 0 Å². The number of aliphatic hydroxyl groups excluding tert-OH is 4. The molecule has 0 aromatic heterocycles. The topological polar surface area (TPSA) is 93.0 Å². The SMILES string of the molecule is C[C@@H]1N[C@@H](CO)[C@H](O)[C@@H](O)[C@H]1O. The molecule has 0 unspecified atom stereocenters. The van der Waals surface area contributed by atoms with Crippen LogP contribution in [0.4, 0.5) is 0 Å². The summed E-state index contributed by atoms with van der Waals surface area (Å²) in [5, 5.41) is 39.4. The lowest BCUT2D eigenvalue weighted by Gasteiger charge is -2.39. The first-order valence-electron chi connectivity index (χ1n) is 3.99. The molecule has 1 aliphatic rings. The quantitative estimate of drug-likeness (QED) is 0.303. The van der Waals surface area contributed by atoms with Crippen LogP contribution in [0.3, 0.4) is 0 Å². The minimum atomic E-state index is -1.18. The van der Waals surface area contributed by atoms with Crippen molar-refractivity contribution in [2.45, 2.75) is 37.3 Å². The Labute approximate surface area is 70.6 Å². The molecular formula is C7H15NO4. The molecule has 0 aliphatic carbocycles. The average molecular weight is 177 g/mol. The van der Waals surface area contributed by atoms with Gasteiger partial charge in [-0.25, -0.2) is 0 Å². The summed E-state index contributed by atoms with van der Waals surface area (Å²) >= 11 is 0. The third-order valence-electron chi connectivity index (χ3n) is 2.30. The molecule has 5 atom stereocenters. The van der Waals surface area contributed by atoms with E-state index in [2.05, 4.69) is 5.32 Å². The van der Waals surface area contributed by atoms with E-state index in [1.54, 1.807) is 6.92 Å². The fraction of sp³-hybridized carbons (Fsp3) is 1.00. The van der Waals surface area contributed by atoms with E-state index in [0.717, 1.165) is 0 Å². The summed E-state index contributed by atoms with van der Waals surface area (Å²) in [6.07, 6.45) is -3.28. The lowest BCUT2D eigenvalue weighted by molar-refractivity contribution is -0.116. The fourth-order valence-electron chi connectivity index (χ4n) is 1.43. The second-order valence-corrected chi connectivity index (χ2v) is 3.22. The van der Waals surface area contributed by atoms with Crippen LogP contribution >= 0.6 is 0 Å². The van der Waals surface area contributed by atoms with Crippen molar-refractivity contribution in [1.29, 1.82) is 0 Å². The van der Waals surface area contributed by atoms with Crippen molar-refractivity contribution in [3.63, 3.8) is 0 Å². The Morgan fingerprint density at radius 2 is 1.67 bits per heavy atom. The standard InChI is InChI=1S/C7H15NO4/c1-3-5(10)7(12)6(11)4(2-9)8-3/h3-12H,2H2,1H3/t3-,4-,5-,6-,7-/m0/s1. The van der Waals surface area contributed by atoms with Crippen LogP contribution in [0.1, 0.15) is 6.92 Å². The molecule has 0 aromatic carbocycles. The molecule has 1 fully saturated rings. The molecule has 1 heterocycles. The van der Waals surface area contributed by atoms with Gasteiger partial charge in [-0.05, 0) is 6.92 Å². The first kappa shape index (κ1) is 9.88. The zero-order valence-electron chi connectivity index (χ0n) is 6.88.